The lowest BCUT2D eigenvalue weighted by Crippen LogP contribution is -2.50. The summed E-state index contributed by atoms with van der Waals surface area (Å²) in [6.07, 6.45) is 8.84. The zero-order valence-corrected chi connectivity index (χ0v) is 22.5. The molecular formula is C28H39N9O2. The molecule has 0 spiro atoms. The van der Waals surface area contributed by atoms with Gasteiger partial charge in [0.1, 0.15) is 0 Å². The molecule has 1 atom stereocenters. The summed E-state index contributed by atoms with van der Waals surface area (Å²) >= 11 is 0. The second kappa shape index (κ2) is 11.3. The maximum Gasteiger partial charge on any atom is 0.320 e. The molecule has 1 aromatic heterocycles. The van der Waals surface area contributed by atoms with Crippen molar-refractivity contribution in [3.63, 3.8) is 0 Å². The first-order valence-electron chi connectivity index (χ1n) is 14.5. The van der Waals surface area contributed by atoms with E-state index in [1.807, 2.05) is 17.0 Å². The highest BCUT2D eigenvalue weighted by molar-refractivity contribution is 5.96. The Morgan fingerprint density at radius 1 is 0.897 bits per heavy atom. The zero-order chi connectivity index (χ0) is 26.8. The Kier molecular flexibility index (Phi) is 7.49. The van der Waals surface area contributed by atoms with Gasteiger partial charge in [-0.05, 0) is 75.2 Å². The van der Waals surface area contributed by atoms with Gasteiger partial charge in [-0.2, -0.15) is 4.98 Å². The molecule has 1 aliphatic carbocycles. The fourth-order valence-electron chi connectivity index (χ4n) is 6.69. The van der Waals surface area contributed by atoms with Crippen molar-refractivity contribution < 1.29 is 9.59 Å². The molecule has 1 unspecified atom stereocenters. The van der Waals surface area contributed by atoms with Gasteiger partial charge in [0.15, 0.2) is 11.5 Å². The first-order chi connectivity index (χ1) is 19.1. The summed E-state index contributed by atoms with van der Waals surface area (Å²) in [5, 5.41) is 15.1. The number of benzene rings is 1. The standard InChI is InChI=1S/C28H39N9O2/c29-25(38)24-26(31-21-9-7-19(8-10-21)20-11-13-30-14-12-20)32-27(34-33-24)35-15-3-6-23(18-35)37-17-16-36(28(37)39)22-4-1-2-5-22/h7-10,20,22-23,30H,1-6,11-18H2,(H2,29,38)(H,31,32,34). The molecule has 3 aliphatic heterocycles. The minimum Gasteiger partial charge on any atom is -0.364 e. The molecule has 4 heterocycles. The van der Waals surface area contributed by atoms with Crippen LogP contribution in [0.2, 0.25) is 0 Å². The Labute approximate surface area is 229 Å². The average molecular weight is 534 g/mol. The highest BCUT2D eigenvalue weighted by Crippen LogP contribution is 2.30. The van der Waals surface area contributed by atoms with Crippen LogP contribution in [0.4, 0.5) is 22.2 Å². The fourth-order valence-corrected chi connectivity index (χ4v) is 6.69. The number of urea groups is 1. The summed E-state index contributed by atoms with van der Waals surface area (Å²) in [5.74, 6) is 0.627. The number of carbonyl (C=O) groups is 2. The summed E-state index contributed by atoms with van der Waals surface area (Å²) in [5.41, 5.74) is 7.76. The van der Waals surface area contributed by atoms with Gasteiger partial charge in [-0.15, -0.1) is 10.2 Å². The maximum absolute atomic E-state index is 13.3. The average Bonchev–Trinajstić information content (AvgIpc) is 3.64. The number of rotatable bonds is 7. The molecule has 4 fully saturated rings. The molecule has 208 valence electrons. The highest BCUT2D eigenvalue weighted by atomic mass is 16.2. The van der Waals surface area contributed by atoms with Crippen molar-refractivity contribution in [1.29, 1.82) is 0 Å². The van der Waals surface area contributed by atoms with Crippen LogP contribution < -0.4 is 21.3 Å². The van der Waals surface area contributed by atoms with E-state index in [9.17, 15) is 9.59 Å². The zero-order valence-electron chi connectivity index (χ0n) is 22.5. The van der Waals surface area contributed by atoms with Crippen LogP contribution in [0.25, 0.3) is 0 Å². The van der Waals surface area contributed by atoms with Crippen LogP contribution in [0.3, 0.4) is 0 Å². The number of carbonyl (C=O) groups excluding carboxylic acids is 2. The molecule has 11 nitrogen and oxygen atoms in total. The number of nitrogens with one attached hydrogen (secondary N) is 2. The summed E-state index contributed by atoms with van der Waals surface area (Å²) in [7, 11) is 0. The van der Waals surface area contributed by atoms with Gasteiger partial charge in [0.25, 0.3) is 5.91 Å². The van der Waals surface area contributed by atoms with Gasteiger partial charge in [-0.25, -0.2) is 4.79 Å². The molecule has 39 heavy (non-hydrogen) atoms. The van der Waals surface area contributed by atoms with E-state index in [-0.39, 0.29) is 17.8 Å². The maximum atomic E-state index is 13.3. The molecule has 0 radical (unpaired) electrons. The Hall–Kier alpha value is -3.47. The first kappa shape index (κ1) is 25.8. The van der Waals surface area contributed by atoms with Gasteiger partial charge >= 0.3 is 6.03 Å². The smallest absolute Gasteiger partial charge is 0.320 e. The van der Waals surface area contributed by atoms with E-state index in [1.165, 1.54) is 18.4 Å². The van der Waals surface area contributed by atoms with Crippen molar-refractivity contribution in [2.75, 3.05) is 49.5 Å². The number of nitrogens with two attached hydrogens (primary N) is 1. The summed E-state index contributed by atoms with van der Waals surface area (Å²) in [6, 6.07) is 8.97. The quantitative estimate of drug-likeness (QED) is 0.495. The van der Waals surface area contributed by atoms with E-state index in [0.717, 1.165) is 76.9 Å². The number of anilines is 3. The molecule has 4 N–H and O–H groups in total. The van der Waals surface area contributed by atoms with Crippen molar-refractivity contribution in [2.45, 2.75) is 69.4 Å². The minimum atomic E-state index is -0.679. The summed E-state index contributed by atoms with van der Waals surface area (Å²) < 4.78 is 0. The van der Waals surface area contributed by atoms with Crippen LogP contribution in [-0.4, -0.2) is 88.3 Å². The predicted molar refractivity (Wildman–Crippen MR) is 149 cm³/mol. The molecule has 3 saturated heterocycles. The second-order valence-electron chi connectivity index (χ2n) is 11.3. The number of aromatic nitrogens is 3. The molecule has 1 saturated carbocycles. The molecule has 6 rings (SSSR count). The lowest BCUT2D eigenvalue weighted by atomic mass is 9.90. The van der Waals surface area contributed by atoms with E-state index in [0.29, 0.717) is 30.3 Å². The number of hydrogen-bond acceptors (Lipinski definition) is 8. The first-order valence-corrected chi connectivity index (χ1v) is 14.5. The second-order valence-corrected chi connectivity index (χ2v) is 11.3. The molecule has 2 aromatic rings. The van der Waals surface area contributed by atoms with Crippen molar-refractivity contribution in [1.82, 2.24) is 30.3 Å². The van der Waals surface area contributed by atoms with E-state index in [4.69, 9.17) is 10.7 Å². The Morgan fingerprint density at radius 3 is 2.31 bits per heavy atom. The van der Waals surface area contributed by atoms with Gasteiger partial charge in [-0.1, -0.05) is 25.0 Å². The lowest BCUT2D eigenvalue weighted by Gasteiger charge is -2.37. The number of piperidine rings is 2. The highest BCUT2D eigenvalue weighted by Gasteiger charge is 2.39. The molecule has 3 amide bonds. The van der Waals surface area contributed by atoms with Crippen LogP contribution in [0, 0.1) is 0 Å². The van der Waals surface area contributed by atoms with Gasteiger partial charge in [-0.3, -0.25) is 4.79 Å². The lowest BCUT2D eigenvalue weighted by molar-refractivity contribution is 0.0995. The molecule has 1 aromatic carbocycles. The third kappa shape index (κ3) is 5.50. The molecular weight excluding hydrogens is 494 g/mol. The largest absolute Gasteiger partial charge is 0.364 e. The monoisotopic (exact) mass is 533 g/mol. The van der Waals surface area contributed by atoms with Crippen molar-refractivity contribution in [2.24, 2.45) is 5.73 Å². The van der Waals surface area contributed by atoms with Crippen molar-refractivity contribution in [3.05, 3.63) is 35.5 Å². The Balaban J connectivity index is 1.16. The van der Waals surface area contributed by atoms with Crippen LogP contribution in [0.15, 0.2) is 24.3 Å². The Morgan fingerprint density at radius 2 is 1.59 bits per heavy atom. The fraction of sp³-hybridized carbons (Fsp3) is 0.607. The van der Waals surface area contributed by atoms with Gasteiger partial charge in [0.2, 0.25) is 5.95 Å². The number of nitrogens with zero attached hydrogens (tertiary/aromatic N) is 6. The van der Waals surface area contributed by atoms with Crippen LogP contribution in [-0.2, 0) is 0 Å². The topological polar surface area (TPSA) is 133 Å². The Bertz CT molecular complexity index is 1180. The predicted octanol–water partition coefficient (Wildman–Crippen LogP) is 2.83. The van der Waals surface area contributed by atoms with Gasteiger partial charge < -0.3 is 31.1 Å². The molecule has 11 heteroatoms. The SMILES string of the molecule is NC(=O)c1nnc(N2CCCC(N3CCN(C4CCCC4)C3=O)C2)nc1Nc1ccc(C2CCNCC2)cc1. The van der Waals surface area contributed by atoms with Gasteiger partial charge in [0.05, 0.1) is 6.04 Å². The summed E-state index contributed by atoms with van der Waals surface area (Å²) in [4.78, 5) is 36.3. The van der Waals surface area contributed by atoms with Crippen molar-refractivity contribution >= 4 is 29.4 Å². The molecule has 4 aliphatic rings. The van der Waals surface area contributed by atoms with Gasteiger partial charge in [0, 0.05) is 37.9 Å². The third-order valence-corrected chi connectivity index (χ3v) is 8.85. The third-order valence-electron chi connectivity index (χ3n) is 8.85. The number of hydrogen-bond donors (Lipinski definition) is 3. The van der Waals surface area contributed by atoms with Crippen LogP contribution >= 0.6 is 0 Å². The van der Waals surface area contributed by atoms with Crippen LogP contribution in [0.5, 0.6) is 0 Å². The van der Waals surface area contributed by atoms with E-state index in [1.54, 1.807) is 0 Å². The van der Waals surface area contributed by atoms with E-state index in [2.05, 4.69) is 42.8 Å². The minimum absolute atomic E-state index is 0.0108. The summed E-state index contributed by atoms with van der Waals surface area (Å²) in [6.45, 7) is 5.09. The molecule has 0 bridgehead atoms. The normalized spacial score (nSPS) is 23.0. The number of primary amides is 1. The van der Waals surface area contributed by atoms with E-state index < -0.39 is 5.91 Å². The van der Waals surface area contributed by atoms with Crippen molar-refractivity contribution in [3.8, 4) is 0 Å². The number of amides is 3. The van der Waals surface area contributed by atoms with Crippen LogP contribution in [0.1, 0.15) is 73.3 Å². The van der Waals surface area contributed by atoms with E-state index >= 15 is 0 Å².